The largest absolute Gasteiger partial charge is 0.491 e. The van der Waals surface area contributed by atoms with Crippen molar-refractivity contribution in [3.8, 4) is 5.75 Å². The summed E-state index contributed by atoms with van der Waals surface area (Å²) in [6.07, 6.45) is 8.78. The van der Waals surface area contributed by atoms with E-state index in [4.69, 9.17) is 4.74 Å². The molecular weight excluding hydrogens is 246 g/mol. The lowest BCUT2D eigenvalue weighted by Crippen LogP contribution is -2.17. The Morgan fingerprint density at radius 1 is 1.20 bits per heavy atom. The maximum absolute atomic E-state index is 5.84. The SMILES string of the molecule is CC(C)Oc1ccccc1CNCCCC1CCCC1. The van der Waals surface area contributed by atoms with E-state index in [1.54, 1.807) is 0 Å². The molecule has 1 saturated carbocycles. The van der Waals surface area contributed by atoms with Gasteiger partial charge in [-0.3, -0.25) is 0 Å². The fourth-order valence-corrected chi connectivity index (χ4v) is 3.06. The molecule has 1 aromatic rings. The van der Waals surface area contributed by atoms with Gasteiger partial charge in [0.25, 0.3) is 0 Å². The van der Waals surface area contributed by atoms with Crippen LogP contribution in [-0.2, 0) is 6.54 Å². The third-order valence-corrected chi connectivity index (χ3v) is 4.09. The van der Waals surface area contributed by atoms with Crippen LogP contribution in [0.15, 0.2) is 24.3 Å². The van der Waals surface area contributed by atoms with Crippen molar-refractivity contribution in [3.63, 3.8) is 0 Å². The van der Waals surface area contributed by atoms with E-state index in [0.29, 0.717) is 0 Å². The quantitative estimate of drug-likeness (QED) is 0.704. The Kier molecular flexibility index (Phi) is 6.38. The number of hydrogen-bond acceptors (Lipinski definition) is 2. The molecular formula is C18H29NO. The number of ether oxygens (including phenoxy) is 1. The molecule has 0 spiro atoms. The summed E-state index contributed by atoms with van der Waals surface area (Å²) in [4.78, 5) is 0. The fourth-order valence-electron chi connectivity index (χ4n) is 3.06. The zero-order chi connectivity index (χ0) is 14.2. The van der Waals surface area contributed by atoms with E-state index in [-0.39, 0.29) is 6.10 Å². The van der Waals surface area contributed by atoms with Crippen LogP contribution in [0.5, 0.6) is 5.75 Å². The zero-order valence-electron chi connectivity index (χ0n) is 13.0. The van der Waals surface area contributed by atoms with Crippen LogP contribution in [0.2, 0.25) is 0 Å². The molecule has 0 saturated heterocycles. The Balaban J connectivity index is 1.67. The molecule has 20 heavy (non-hydrogen) atoms. The van der Waals surface area contributed by atoms with Crippen LogP contribution in [0, 0.1) is 5.92 Å². The summed E-state index contributed by atoms with van der Waals surface area (Å²) in [6, 6.07) is 8.35. The average molecular weight is 275 g/mol. The Morgan fingerprint density at radius 2 is 1.95 bits per heavy atom. The molecule has 0 aromatic heterocycles. The van der Waals surface area contributed by atoms with Gasteiger partial charge in [-0.1, -0.05) is 43.9 Å². The Bertz CT molecular complexity index is 383. The number of rotatable bonds is 8. The molecule has 0 unspecified atom stereocenters. The van der Waals surface area contributed by atoms with Gasteiger partial charge in [0.1, 0.15) is 5.75 Å². The van der Waals surface area contributed by atoms with Gasteiger partial charge in [-0.2, -0.15) is 0 Å². The number of benzene rings is 1. The van der Waals surface area contributed by atoms with Crippen molar-refractivity contribution in [3.05, 3.63) is 29.8 Å². The zero-order valence-corrected chi connectivity index (χ0v) is 13.0. The predicted octanol–water partition coefficient (Wildman–Crippen LogP) is 4.53. The third-order valence-electron chi connectivity index (χ3n) is 4.09. The van der Waals surface area contributed by atoms with Gasteiger partial charge in [0, 0.05) is 12.1 Å². The van der Waals surface area contributed by atoms with Crippen molar-refractivity contribution in [1.29, 1.82) is 0 Å². The topological polar surface area (TPSA) is 21.3 Å². The monoisotopic (exact) mass is 275 g/mol. The van der Waals surface area contributed by atoms with Crippen molar-refractivity contribution >= 4 is 0 Å². The summed E-state index contributed by atoms with van der Waals surface area (Å²) in [7, 11) is 0. The first-order valence-electron chi connectivity index (χ1n) is 8.21. The minimum absolute atomic E-state index is 0.235. The summed E-state index contributed by atoms with van der Waals surface area (Å²) < 4.78 is 5.84. The highest BCUT2D eigenvalue weighted by molar-refractivity contribution is 5.33. The van der Waals surface area contributed by atoms with Crippen molar-refractivity contribution < 1.29 is 4.74 Å². The highest BCUT2D eigenvalue weighted by atomic mass is 16.5. The number of para-hydroxylation sites is 1. The third kappa shape index (κ3) is 5.16. The summed E-state index contributed by atoms with van der Waals surface area (Å²) in [5, 5.41) is 3.56. The van der Waals surface area contributed by atoms with Crippen molar-refractivity contribution in [2.75, 3.05) is 6.54 Å². The van der Waals surface area contributed by atoms with Gasteiger partial charge in [-0.25, -0.2) is 0 Å². The highest BCUT2D eigenvalue weighted by Crippen LogP contribution is 2.28. The lowest BCUT2D eigenvalue weighted by molar-refractivity contribution is 0.239. The van der Waals surface area contributed by atoms with Gasteiger partial charge >= 0.3 is 0 Å². The van der Waals surface area contributed by atoms with Crippen LogP contribution in [-0.4, -0.2) is 12.6 Å². The van der Waals surface area contributed by atoms with E-state index in [1.165, 1.54) is 44.1 Å². The maximum atomic E-state index is 5.84. The summed E-state index contributed by atoms with van der Waals surface area (Å²) >= 11 is 0. The van der Waals surface area contributed by atoms with Gasteiger partial charge in [-0.15, -0.1) is 0 Å². The smallest absolute Gasteiger partial charge is 0.124 e. The van der Waals surface area contributed by atoms with E-state index in [1.807, 2.05) is 6.07 Å². The maximum Gasteiger partial charge on any atom is 0.124 e. The molecule has 0 amide bonds. The molecule has 1 N–H and O–H groups in total. The number of nitrogens with one attached hydrogen (secondary N) is 1. The minimum atomic E-state index is 0.235. The standard InChI is InChI=1S/C18H29NO/c1-15(2)20-18-12-6-5-11-17(18)14-19-13-7-10-16-8-3-4-9-16/h5-6,11-12,15-16,19H,3-4,7-10,13-14H2,1-2H3. The van der Waals surface area contributed by atoms with Gasteiger partial charge in [0.15, 0.2) is 0 Å². The minimum Gasteiger partial charge on any atom is -0.491 e. The first-order chi connectivity index (χ1) is 9.75. The second kappa shape index (κ2) is 8.31. The van der Waals surface area contributed by atoms with E-state index >= 15 is 0 Å². The van der Waals surface area contributed by atoms with Crippen LogP contribution < -0.4 is 10.1 Å². The second-order valence-electron chi connectivity index (χ2n) is 6.24. The molecule has 0 heterocycles. The Labute approximate surface area is 123 Å². The summed E-state index contributed by atoms with van der Waals surface area (Å²) in [5.41, 5.74) is 1.27. The molecule has 1 fully saturated rings. The average Bonchev–Trinajstić information content (AvgIpc) is 2.93. The summed E-state index contributed by atoms with van der Waals surface area (Å²) in [6.45, 7) is 6.18. The molecule has 1 aromatic carbocycles. The molecule has 1 aliphatic carbocycles. The van der Waals surface area contributed by atoms with E-state index in [9.17, 15) is 0 Å². The van der Waals surface area contributed by atoms with Gasteiger partial charge in [0.05, 0.1) is 6.10 Å². The molecule has 0 atom stereocenters. The fraction of sp³-hybridized carbons (Fsp3) is 0.667. The lowest BCUT2D eigenvalue weighted by atomic mass is 10.0. The van der Waals surface area contributed by atoms with Crippen LogP contribution in [0.4, 0.5) is 0 Å². The molecule has 0 bridgehead atoms. The van der Waals surface area contributed by atoms with Crippen LogP contribution in [0.25, 0.3) is 0 Å². The van der Waals surface area contributed by atoms with E-state index in [0.717, 1.165) is 24.8 Å². The van der Waals surface area contributed by atoms with Crippen molar-refractivity contribution in [2.24, 2.45) is 5.92 Å². The van der Waals surface area contributed by atoms with Gasteiger partial charge in [-0.05, 0) is 45.2 Å². The number of hydrogen-bond donors (Lipinski definition) is 1. The van der Waals surface area contributed by atoms with Gasteiger partial charge in [0.2, 0.25) is 0 Å². The van der Waals surface area contributed by atoms with Crippen LogP contribution >= 0.6 is 0 Å². The molecule has 112 valence electrons. The van der Waals surface area contributed by atoms with Crippen molar-refractivity contribution in [1.82, 2.24) is 5.32 Å². The molecule has 0 radical (unpaired) electrons. The van der Waals surface area contributed by atoms with Crippen LogP contribution in [0.3, 0.4) is 0 Å². The molecule has 2 rings (SSSR count). The first kappa shape index (κ1) is 15.4. The highest BCUT2D eigenvalue weighted by Gasteiger charge is 2.13. The molecule has 2 nitrogen and oxygen atoms in total. The van der Waals surface area contributed by atoms with Crippen LogP contribution in [0.1, 0.15) is 57.9 Å². The van der Waals surface area contributed by atoms with Crippen molar-refractivity contribution in [2.45, 2.75) is 65.0 Å². The molecule has 0 aliphatic heterocycles. The normalized spacial score (nSPS) is 15.9. The van der Waals surface area contributed by atoms with E-state index < -0.39 is 0 Å². The Hall–Kier alpha value is -1.02. The summed E-state index contributed by atoms with van der Waals surface area (Å²) in [5.74, 6) is 2.03. The van der Waals surface area contributed by atoms with Gasteiger partial charge < -0.3 is 10.1 Å². The molecule has 2 heteroatoms. The Morgan fingerprint density at radius 3 is 2.70 bits per heavy atom. The second-order valence-corrected chi connectivity index (χ2v) is 6.24. The molecule has 1 aliphatic rings. The van der Waals surface area contributed by atoms with E-state index in [2.05, 4.69) is 37.4 Å². The predicted molar refractivity (Wildman–Crippen MR) is 85.1 cm³/mol. The lowest BCUT2D eigenvalue weighted by Gasteiger charge is -2.15. The first-order valence-corrected chi connectivity index (χ1v) is 8.21.